The van der Waals surface area contributed by atoms with E-state index in [0.717, 1.165) is 5.69 Å². The fraction of sp³-hybridized carbons (Fsp3) is 0.400. The molecule has 0 spiro atoms. The van der Waals surface area contributed by atoms with Gasteiger partial charge >= 0.3 is 0 Å². The number of aromatic nitrogens is 1. The standard InChI is InChI=1S/C10H15N3O2S2/c1-2-17(14,15)6-5-12-8-3-4-13-9(7-8)10(11)16/h3-4,7H,2,5-6H2,1H3,(H2,11,16)(H,12,13). The lowest BCUT2D eigenvalue weighted by Gasteiger charge is -2.07. The van der Waals surface area contributed by atoms with Crippen LogP contribution in [-0.2, 0) is 9.84 Å². The molecule has 0 aliphatic heterocycles. The zero-order valence-corrected chi connectivity index (χ0v) is 11.1. The van der Waals surface area contributed by atoms with Crippen molar-refractivity contribution in [3.63, 3.8) is 0 Å². The van der Waals surface area contributed by atoms with Crippen LogP contribution in [0.2, 0.25) is 0 Å². The lowest BCUT2D eigenvalue weighted by Crippen LogP contribution is -2.17. The fourth-order valence-corrected chi connectivity index (χ4v) is 1.98. The van der Waals surface area contributed by atoms with Crippen LogP contribution in [0.3, 0.4) is 0 Å². The molecule has 0 radical (unpaired) electrons. The smallest absolute Gasteiger partial charge is 0.151 e. The molecule has 0 aromatic carbocycles. The Hall–Kier alpha value is -1.21. The second-order valence-corrected chi connectivity index (χ2v) is 6.37. The maximum atomic E-state index is 11.3. The van der Waals surface area contributed by atoms with Crippen LogP contribution in [0.4, 0.5) is 5.69 Å². The summed E-state index contributed by atoms with van der Waals surface area (Å²) in [6.07, 6.45) is 1.57. The number of thiocarbonyl (C=S) groups is 1. The van der Waals surface area contributed by atoms with Gasteiger partial charge in [0.1, 0.15) is 4.99 Å². The Kier molecular flexibility index (Phi) is 4.83. The predicted molar refractivity (Wildman–Crippen MR) is 72.9 cm³/mol. The Morgan fingerprint density at radius 2 is 2.29 bits per heavy atom. The zero-order valence-electron chi connectivity index (χ0n) is 9.51. The number of pyridine rings is 1. The van der Waals surface area contributed by atoms with Crippen molar-refractivity contribution >= 4 is 32.7 Å². The van der Waals surface area contributed by atoms with Gasteiger partial charge < -0.3 is 11.1 Å². The van der Waals surface area contributed by atoms with Gasteiger partial charge in [-0.1, -0.05) is 19.1 Å². The third-order valence-corrected chi connectivity index (χ3v) is 4.11. The van der Waals surface area contributed by atoms with Gasteiger partial charge in [0, 0.05) is 24.2 Å². The van der Waals surface area contributed by atoms with Gasteiger partial charge in [0.25, 0.3) is 0 Å². The van der Waals surface area contributed by atoms with Gasteiger partial charge in [-0.05, 0) is 12.1 Å². The molecule has 0 atom stereocenters. The van der Waals surface area contributed by atoms with E-state index in [4.69, 9.17) is 18.0 Å². The summed E-state index contributed by atoms with van der Waals surface area (Å²) in [5.41, 5.74) is 6.72. The number of hydrogen-bond donors (Lipinski definition) is 2. The number of nitrogens with two attached hydrogens (primary N) is 1. The number of rotatable bonds is 6. The number of sulfone groups is 1. The summed E-state index contributed by atoms with van der Waals surface area (Å²) >= 11 is 4.80. The van der Waals surface area contributed by atoms with Gasteiger partial charge in [-0.3, -0.25) is 4.98 Å². The summed E-state index contributed by atoms with van der Waals surface area (Å²) < 4.78 is 22.5. The molecule has 1 rings (SSSR count). The third kappa shape index (κ3) is 4.66. The average Bonchev–Trinajstić information content (AvgIpc) is 2.29. The first kappa shape index (κ1) is 13.9. The van der Waals surface area contributed by atoms with E-state index in [1.807, 2.05) is 0 Å². The SMILES string of the molecule is CCS(=O)(=O)CCNc1ccnc(C(N)=S)c1. The summed E-state index contributed by atoms with van der Waals surface area (Å²) in [6, 6.07) is 3.43. The molecule has 0 bridgehead atoms. The topological polar surface area (TPSA) is 85.1 Å². The van der Waals surface area contributed by atoms with E-state index in [9.17, 15) is 8.42 Å². The summed E-state index contributed by atoms with van der Waals surface area (Å²) in [5.74, 6) is 0.261. The molecule has 5 nitrogen and oxygen atoms in total. The van der Waals surface area contributed by atoms with Gasteiger partial charge in [-0.2, -0.15) is 0 Å². The van der Waals surface area contributed by atoms with E-state index in [2.05, 4.69) is 10.3 Å². The molecule has 1 aromatic heterocycles. The van der Waals surface area contributed by atoms with Gasteiger partial charge in [-0.15, -0.1) is 0 Å². The Bertz CT molecular complexity index is 500. The highest BCUT2D eigenvalue weighted by Crippen LogP contribution is 2.07. The Labute approximate surface area is 106 Å². The number of nitrogens with zero attached hydrogens (tertiary/aromatic N) is 1. The van der Waals surface area contributed by atoms with Crippen molar-refractivity contribution in [1.29, 1.82) is 0 Å². The van der Waals surface area contributed by atoms with Crippen molar-refractivity contribution in [2.45, 2.75) is 6.92 Å². The molecule has 0 amide bonds. The molecule has 0 fully saturated rings. The van der Waals surface area contributed by atoms with Crippen molar-refractivity contribution in [3.8, 4) is 0 Å². The van der Waals surface area contributed by atoms with Crippen LogP contribution in [-0.4, -0.2) is 36.4 Å². The van der Waals surface area contributed by atoms with Crippen molar-refractivity contribution in [3.05, 3.63) is 24.0 Å². The number of hydrogen-bond acceptors (Lipinski definition) is 5. The molecule has 1 heterocycles. The molecule has 0 saturated heterocycles. The van der Waals surface area contributed by atoms with Crippen molar-refractivity contribution < 1.29 is 8.42 Å². The molecule has 7 heteroatoms. The van der Waals surface area contributed by atoms with E-state index >= 15 is 0 Å². The van der Waals surface area contributed by atoms with Gasteiger partial charge in [0.05, 0.1) is 11.4 Å². The normalized spacial score (nSPS) is 11.1. The molecular weight excluding hydrogens is 258 g/mol. The highest BCUT2D eigenvalue weighted by Gasteiger charge is 2.06. The van der Waals surface area contributed by atoms with Gasteiger partial charge in [0.2, 0.25) is 0 Å². The minimum absolute atomic E-state index is 0.105. The third-order valence-electron chi connectivity index (χ3n) is 2.19. The van der Waals surface area contributed by atoms with Crippen LogP contribution in [0, 0.1) is 0 Å². The first-order valence-corrected chi connectivity index (χ1v) is 7.37. The lowest BCUT2D eigenvalue weighted by atomic mass is 10.3. The Morgan fingerprint density at radius 3 is 2.88 bits per heavy atom. The van der Waals surface area contributed by atoms with E-state index < -0.39 is 9.84 Å². The number of nitrogens with one attached hydrogen (secondary N) is 1. The molecule has 94 valence electrons. The monoisotopic (exact) mass is 273 g/mol. The lowest BCUT2D eigenvalue weighted by molar-refractivity contribution is 0.597. The maximum Gasteiger partial charge on any atom is 0.151 e. The van der Waals surface area contributed by atoms with E-state index in [1.54, 1.807) is 25.3 Å². The minimum Gasteiger partial charge on any atom is -0.388 e. The van der Waals surface area contributed by atoms with Crippen LogP contribution >= 0.6 is 12.2 Å². The maximum absolute atomic E-state index is 11.3. The highest BCUT2D eigenvalue weighted by atomic mass is 32.2. The Morgan fingerprint density at radius 1 is 1.59 bits per heavy atom. The molecule has 0 aliphatic carbocycles. The molecule has 3 N–H and O–H groups in total. The van der Waals surface area contributed by atoms with Crippen LogP contribution in [0.5, 0.6) is 0 Å². The first-order chi connectivity index (χ1) is 7.94. The molecule has 0 unspecified atom stereocenters. The number of anilines is 1. The highest BCUT2D eigenvalue weighted by molar-refractivity contribution is 7.91. The summed E-state index contributed by atoms with van der Waals surface area (Å²) in [5, 5.41) is 3.00. The molecule has 0 aliphatic rings. The van der Waals surface area contributed by atoms with Crippen LogP contribution < -0.4 is 11.1 Å². The van der Waals surface area contributed by atoms with Crippen molar-refractivity contribution in [2.24, 2.45) is 5.73 Å². The molecule has 17 heavy (non-hydrogen) atoms. The predicted octanol–water partition coefficient (Wildman–Crippen LogP) is 0.562. The zero-order chi connectivity index (χ0) is 12.9. The second-order valence-electron chi connectivity index (χ2n) is 3.46. The quantitative estimate of drug-likeness (QED) is 0.737. The first-order valence-electron chi connectivity index (χ1n) is 5.15. The van der Waals surface area contributed by atoms with Crippen molar-refractivity contribution in [2.75, 3.05) is 23.4 Å². The molecular formula is C10H15N3O2S2. The fourth-order valence-electron chi connectivity index (χ4n) is 1.17. The Balaban J connectivity index is 2.58. The summed E-state index contributed by atoms with van der Waals surface area (Å²) in [7, 11) is -2.94. The van der Waals surface area contributed by atoms with Gasteiger partial charge in [-0.25, -0.2) is 8.42 Å². The van der Waals surface area contributed by atoms with Crippen molar-refractivity contribution in [1.82, 2.24) is 4.98 Å². The largest absolute Gasteiger partial charge is 0.388 e. The minimum atomic E-state index is -2.94. The van der Waals surface area contributed by atoms with Gasteiger partial charge in [0.15, 0.2) is 9.84 Å². The van der Waals surface area contributed by atoms with Crippen LogP contribution in [0.15, 0.2) is 18.3 Å². The molecule has 1 aromatic rings. The summed E-state index contributed by atoms with van der Waals surface area (Å²) in [4.78, 5) is 4.20. The van der Waals surface area contributed by atoms with E-state index in [0.29, 0.717) is 12.2 Å². The summed E-state index contributed by atoms with van der Waals surface area (Å²) in [6.45, 7) is 1.99. The average molecular weight is 273 g/mol. The molecule has 0 saturated carbocycles. The second kappa shape index (κ2) is 5.92. The van der Waals surface area contributed by atoms with E-state index in [-0.39, 0.29) is 16.5 Å². The van der Waals surface area contributed by atoms with Crippen LogP contribution in [0.1, 0.15) is 12.6 Å². The van der Waals surface area contributed by atoms with Crippen LogP contribution in [0.25, 0.3) is 0 Å². The van der Waals surface area contributed by atoms with E-state index in [1.165, 1.54) is 0 Å².